The molecule has 0 radical (unpaired) electrons. The van der Waals surface area contributed by atoms with E-state index in [1.54, 1.807) is 11.8 Å². The fourth-order valence-corrected chi connectivity index (χ4v) is 1.95. The third kappa shape index (κ3) is 3.89. The van der Waals surface area contributed by atoms with Gasteiger partial charge in [0.2, 0.25) is 0 Å². The van der Waals surface area contributed by atoms with E-state index in [4.69, 9.17) is 0 Å². The largest absolute Gasteiger partial charge is 0.367 e. The van der Waals surface area contributed by atoms with Crippen molar-refractivity contribution < 1.29 is 0 Å². The molecular formula is C11H19N3OS. The van der Waals surface area contributed by atoms with Crippen LogP contribution in [0.4, 0.5) is 5.82 Å². The van der Waals surface area contributed by atoms with E-state index in [0.29, 0.717) is 11.9 Å². The third-order valence-corrected chi connectivity index (χ3v) is 2.95. The summed E-state index contributed by atoms with van der Waals surface area (Å²) in [7, 11) is 0. The van der Waals surface area contributed by atoms with Gasteiger partial charge in [0.25, 0.3) is 5.56 Å². The summed E-state index contributed by atoms with van der Waals surface area (Å²) in [6.07, 6.45) is 2.06. The predicted molar refractivity (Wildman–Crippen MR) is 70.4 cm³/mol. The van der Waals surface area contributed by atoms with Gasteiger partial charge in [0.05, 0.1) is 0 Å². The molecule has 0 aliphatic rings. The average molecular weight is 241 g/mol. The minimum atomic E-state index is -0.0995. The first-order valence-electron chi connectivity index (χ1n) is 5.39. The molecule has 90 valence electrons. The lowest BCUT2D eigenvalue weighted by Gasteiger charge is -2.14. The lowest BCUT2D eigenvalue weighted by Crippen LogP contribution is -2.21. The Kier molecular flexibility index (Phi) is 4.86. The van der Waals surface area contributed by atoms with Crippen LogP contribution in [-0.2, 0) is 0 Å². The number of H-pyrrole nitrogens is 1. The van der Waals surface area contributed by atoms with Crippen LogP contribution in [0.1, 0.15) is 32.5 Å². The van der Waals surface area contributed by atoms with E-state index < -0.39 is 0 Å². The molecule has 0 aliphatic heterocycles. The van der Waals surface area contributed by atoms with Gasteiger partial charge < -0.3 is 10.3 Å². The number of nitrogens with zero attached hydrogens (tertiary/aromatic N) is 1. The van der Waals surface area contributed by atoms with E-state index in [2.05, 4.69) is 28.5 Å². The van der Waals surface area contributed by atoms with Gasteiger partial charge >= 0.3 is 0 Å². The van der Waals surface area contributed by atoms with Crippen molar-refractivity contribution >= 4 is 17.6 Å². The Hall–Kier alpha value is -0.970. The summed E-state index contributed by atoms with van der Waals surface area (Å²) >= 11 is 1.77. The first-order valence-corrected chi connectivity index (χ1v) is 6.79. The number of rotatable bonds is 5. The Morgan fingerprint density at radius 3 is 2.75 bits per heavy atom. The molecule has 4 nitrogen and oxygen atoms in total. The highest BCUT2D eigenvalue weighted by Gasteiger charge is 2.07. The number of thioether (sulfide) groups is 1. The number of aromatic nitrogens is 2. The SMILES string of the molecule is CSCC(C)Nc1cc(=O)[nH]c(C(C)C)n1. The van der Waals surface area contributed by atoms with Crippen molar-refractivity contribution in [2.45, 2.75) is 32.7 Å². The first-order chi connectivity index (χ1) is 7.52. The van der Waals surface area contributed by atoms with E-state index >= 15 is 0 Å². The average Bonchev–Trinajstić information content (AvgIpc) is 2.16. The molecule has 1 heterocycles. The minimum Gasteiger partial charge on any atom is -0.367 e. The zero-order valence-electron chi connectivity index (χ0n) is 10.2. The van der Waals surface area contributed by atoms with Gasteiger partial charge in [-0.3, -0.25) is 4.79 Å². The predicted octanol–water partition coefficient (Wildman–Crippen LogP) is 2.06. The van der Waals surface area contributed by atoms with Crippen LogP contribution in [0.25, 0.3) is 0 Å². The lowest BCUT2D eigenvalue weighted by molar-refractivity contribution is 0.762. The van der Waals surface area contributed by atoms with Crippen molar-refractivity contribution in [2.75, 3.05) is 17.3 Å². The topological polar surface area (TPSA) is 57.8 Å². The summed E-state index contributed by atoms with van der Waals surface area (Å²) in [5.74, 6) is 2.61. The maximum absolute atomic E-state index is 11.4. The van der Waals surface area contributed by atoms with Gasteiger partial charge in [-0.1, -0.05) is 13.8 Å². The molecule has 1 aromatic rings. The maximum atomic E-state index is 11.4. The quantitative estimate of drug-likeness (QED) is 0.828. The Labute approximate surface area is 100 Å². The monoisotopic (exact) mass is 241 g/mol. The Morgan fingerprint density at radius 2 is 2.19 bits per heavy atom. The minimum absolute atomic E-state index is 0.0995. The summed E-state index contributed by atoms with van der Waals surface area (Å²) in [4.78, 5) is 18.5. The van der Waals surface area contributed by atoms with Gasteiger partial charge in [0.15, 0.2) is 0 Å². The molecule has 0 aliphatic carbocycles. The van der Waals surface area contributed by atoms with Crippen LogP contribution in [0.5, 0.6) is 0 Å². The fourth-order valence-electron chi connectivity index (χ4n) is 1.37. The van der Waals surface area contributed by atoms with Gasteiger partial charge in [-0.2, -0.15) is 11.8 Å². The number of hydrogen-bond donors (Lipinski definition) is 2. The Bertz CT molecular complexity index is 389. The van der Waals surface area contributed by atoms with Crippen molar-refractivity contribution in [3.8, 4) is 0 Å². The first kappa shape index (κ1) is 13.1. The number of aromatic amines is 1. The van der Waals surface area contributed by atoms with E-state index in [1.807, 2.05) is 13.8 Å². The molecule has 0 saturated carbocycles. The molecule has 0 bridgehead atoms. The molecule has 16 heavy (non-hydrogen) atoms. The Balaban J connectivity index is 2.84. The summed E-state index contributed by atoms with van der Waals surface area (Å²) in [5.41, 5.74) is -0.0995. The van der Waals surface area contributed by atoms with Crippen LogP contribution in [0.2, 0.25) is 0 Å². The van der Waals surface area contributed by atoms with E-state index in [9.17, 15) is 4.79 Å². The highest BCUT2D eigenvalue weighted by molar-refractivity contribution is 7.98. The van der Waals surface area contributed by atoms with E-state index in [1.165, 1.54) is 6.07 Å². The summed E-state index contributed by atoms with van der Waals surface area (Å²) in [6, 6.07) is 1.81. The molecule has 0 aromatic carbocycles. The van der Waals surface area contributed by atoms with Crippen molar-refractivity contribution in [2.24, 2.45) is 0 Å². The third-order valence-electron chi connectivity index (χ3n) is 2.12. The molecule has 0 spiro atoms. The zero-order valence-corrected chi connectivity index (χ0v) is 11.0. The van der Waals surface area contributed by atoms with Gasteiger partial charge in [-0.05, 0) is 13.2 Å². The normalized spacial score (nSPS) is 12.8. The van der Waals surface area contributed by atoms with Crippen molar-refractivity contribution in [1.82, 2.24) is 9.97 Å². The zero-order chi connectivity index (χ0) is 12.1. The summed E-state index contributed by atoms with van der Waals surface area (Å²) in [5, 5.41) is 3.23. The number of nitrogens with one attached hydrogen (secondary N) is 2. The number of hydrogen-bond acceptors (Lipinski definition) is 4. The highest BCUT2D eigenvalue weighted by atomic mass is 32.2. The van der Waals surface area contributed by atoms with Crippen LogP contribution in [0.3, 0.4) is 0 Å². The van der Waals surface area contributed by atoms with Crippen molar-refractivity contribution in [3.63, 3.8) is 0 Å². The molecule has 0 amide bonds. The molecule has 1 rings (SSSR count). The van der Waals surface area contributed by atoms with E-state index in [0.717, 1.165) is 11.6 Å². The van der Waals surface area contributed by atoms with Gasteiger partial charge in [0.1, 0.15) is 11.6 Å². The van der Waals surface area contributed by atoms with Crippen LogP contribution in [0, 0.1) is 0 Å². The molecule has 1 unspecified atom stereocenters. The molecule has 0 saturated heterocycles. The second-order valence-electron chi connectivity index (χ2n) is 4.17. The van der Waals surface area contributed by atoms with E-state index in [-0.39, 0.29) is 11.5 Å². The Morgan fingerprint density at radius 1 is 1.50 bits per heavy atom. The molecule has 1 aromatic heterocycles. The number of anilines is 1. The summed E-state index contributed by atoms with van der Waals surface area (Å²) < 4.78 is 0. The van der Waals surface area contributed by atoms with Crippen molar-refractivity contribution in [1.29, 1.82) is 0 Å². The molecule has 2 N–H and O–H groups in total. The standard InChI is InChI=1S/C11H19N3OS/c1-7(2)11-13-9(5-10(15)14-11)12-8(3)6-16-4/h5,7-8H,6H2,1-4H3,(H2,12,13,14,15). The highest BCUT2D eigenvalue weighted by Crippen LogP contribution is 2.10. The van der Waals surface area contributed by atoms with Crippen molar-refractivity contribution in [3.05, 3.63) is 22.2 Å². The van der Waals surface area contributed by atoms with Crippen LogP contribution in [-0.4, -0.2) is 28.0 Å². The van der Waals surface area contributed by atoms with Gasteiger partial charge in [-0.15, -0.1) is 0 Å². The lowest BCUT2D eigenvalue weighted by atomic mass is 10.2. The van der Waals surface area contributed by atoms with Gasteiger partial charge in [-0.25, -0.2) is 4.98 Å². The maximum Gasteiger partial charge on any atom is 0.252 e. The molecular weight excluding hydrogens is 222 g/mol. The van der Waals surface area contributed by atoms with Crippen LogP contribution in [0.15, 0.2) is 10.9 Å². The van der Waals surface area contributed by atoms with Crippen LogP contribution < -0.4 is 10.9 Å². The second-order valence-corrected chi connectivity index (χ2v) is 5.08. The second kappa shape index (κ2) is 5.94. The molecule has 0 fully saturated rings. The smallest absolute Gasteiger partial charge is 0.252 e. The van der Waals surface area contributed by atoms with Crippen LogP contribution >= 0.6 is 11.8 Å². The molecule has 5 heteroatoms. The summed E-state index contributed by atoms with van der Waals surface area (Å²) in [6.45, 7) is 6.09. The fraction of sp³-hybridized carbons (Fsp3) is 0.636. The molecule has 1 atom stereocenters. The van der Waals surface area contributed by atoms with Gasteiger partial charge in [0, 0.05) is 23.8 Å².